The lowest BCUT2D eigenvalue weighted by atomic mass is 9.68. The third kappa shape index (κ3) is 5.70. The van der Waals surface area contributed by atoms with Gasteiger partial charge in [0.2, 0.25) is 11.8 Å². The summed E-state index contributed by atoms with van der Waals surface area (Å²) in [6.45, 7) is 2.53. The molecule has 3 N–H and O–H groups in total. The van der Waals surface area contributed by atoms with Crippen LogP contribution in [-0.2, 0) is 14.3 Å². The standard InChI is InChI=1S/C35H36BNO6/c1-2-7-25-19-29-33(35(40)37(34(29)39)27-11-6-10-26(20-27)36(41)42)30-21-43-31(32(25)30)17-14-24(23-8-4-3-5-9-23)18-22-12-15-28(38)16-13-22/h3-6,8-13,15-16,18,20,29-31,33,38,41-42H,2,7,14,17,19,21H2,1H3/b24-18-/t29-,30+,31-,33-/m1/s1. The highest BCUT2D eigenvalue weighted by molar-refractivity contribution is 6.58. The van der Waals surface area contributed by atoms with Crippen molar-refractivity contribution >= 4 is 41.7 Å². The number of carbonyl (C=O) groups excluding carboxylic acids is 2. The maximum atomic E-state index is 13.9. The number of amides is 2. The molecule has 2 heterocycles. The maximum Gasteiger partial charge on any atom is 0.488 e. The van der Waals surface area contributed by atoms with Gasteiger partial charge >= 0.3 is 7.12 Å². The minimum atomic E-state index is -1.69. The zero-order valence-corrected chi connectivity index (χ0v) is 24.2. The van der Waals surface area contributed by atoms with E-state index >= 15 is 0 Å². The molecule has 8 heteroatoms. The normalized spacial score (nSPS) is 23.5. The number of allylic oxidation sites excluding steroid dienone is 2. The van der Waals surface area contributed by atoms with Crippen LogP contribution in [0.3, 0.4) is 0 Å². The molecular formula is C35H36BNO6. The van der Waals surface area contributed by atoms with Gasteiger partial charge in [0.1, 0.15) is 5.75 Å². The molecule has 7 nitrogen and oxygen atoms in total. The molecule has 2 fully saturated rings. The van der Waals surface area contributed by atoms with Gasteiger partial charge in [0, 0.05) is 5.92 Å². The van der Waals surface area contributed by atoms with Gasteiger partial charge in [0.15, 0.2) is 0 Å². The Labute approximate surface area is 252 Å². The molecule has 0 radical (unpaired) electrons. The average Bonchev–Trinajstić information content (AvgIpc) is 3.55. The lowest BCUT2D eigenvalue weighted by Gasteiger charge is -2.32. The average molecular weight is 577 g/mol. The molecule has 2 aliphatic heterocycles. The predicted octanol–water partition coefficient (Wildman–Crippen LogP) is 4.71. The van der Waals surface area contributed by atoms with Crippen LogP contribution in [-0.4, -0.2) is 46.8 Å². The summed E-state index contributed by atoms with van der Waals surface area (Å²) in [6.07, 6.45) is 5.86. The number of fused-ring (bicyclic) bond motifs is 3. The number of ether oxygens (including phenoxy) is 1. The number of hydrogen-bond acceptors (Lipinski definition) is 6. The third-order valence-electron chi connectivity index (χ3n) is 9.04. The molecule has 2 saturated heterocycles. The number of hydrogen-bond donors (Lipinski definition) is 3. The van der Waals surface area contributed by atoms with Crippen molar-refractivity contribution in [2.75, 3.05) is 11.5 Å². The van der Waals surface area contributed by atoms with Crippen LogP contribution in [0, 0.1) is 17.8 Å². The molecule has 0 spiro atoms. The van der Waals surface area contributed by atoms with E-state index in [2.05, 4.69) is 25.1 Å². The summed E-state index contributed by atoms with van der Waals surface area (Å²) < 4.78 is 6.45. The first kappa shape index (κ1) is 29.1. The number of rotatable bonds is 9. The van der Waals surface area contributed by atoms with Gasteiger partial charge in [-0.2, -0.15) is 0 Å². The number of anilines is 1. The first-order valence-electron chi connectivity index (χ1n) is 15.1. The van der Waals surface area contributed by atoms with Gasteiger partial charge in [-0.1, -0.05) is 79.6 Å². The number of carbonyl (C=O) groups is 2. The zero-order valence-electron chi connectivity index (χ0n) is 24.2. The molecule has 0 saturated carbocycles. The Morgan fingerprint density at radius 1 is 0.977 bits per heavy atom. The van der Waals surface area contributed by atoms with Gasteiger partial charge in [-0.15, -0.1) is 0 Å². The molecule has 2 amide bonds. The Bertz CT molecular complexity index is 1560. The van der Waals surface area contributed by atoms with Crippen molar-refractivity contribution in [3.05, 3.63) is 101 Å². The van der Waals surface area contributed by atoms with E-state index in [0.717, 1.165) is 42.4 Å². The molecule has 3 aliphatic rings. The first-order valence-corrected chi connectivity index (χ1v) is 15.1. The fourth-order valence-corrected chi connectivity index (χ4v) is 7.10. The lowest BCUT2D eigenvalue weighted by Crippen LogP contribution is -2.35. The van der Waals surface area contributed by atoms with Crippen molar-refractivity contribution in [2.24, 2.45) is 17.8 Å². The fraction of sp³-hybridized carbons (Fsp3) is 0.314. The Morgan fingerprint density at radius 3 is 2.47 bits per heavy atom. The summed E-state index contributed by atoms with van der Waals surface area (Å²) in [4.78, 5) is 28.9. The maximum absolute atomic E-state index is 13.9. The van der Waals surface area contributed by atoms with E-state index in [0.29, 0.717) is 18.7 Å². The number of aromatic hydroxyl groups is 1. The van der Waals surface area contributed by atoms with Crippen LogP contribution in [0.25, 0.3) is 11.6 Å². The van der Waals surface area contributed by atoms with Crippen molar-refractivity contribution in [1.29, 1.82) is 0 Å². The van der Waals surface area contributed by atoms with Crippen LogP contribution < -0.4 is 10.4 Å². The summed E-state index contributed by atoms with van der Waals surface area (Å²) in [5.74, 6) is -1.32. The zero-order chi connectivity index (χ0) is 30.1. The molecule has 43 heavy (non-hydrogen) atoms. The molecule has 0 aromatic heterocycles. The number of benzene rings is 3. The van der Waals surface area contributed by atoms with Crippen LogP contribution >= 0.6 is 0 Å². The monoisotopic (exact) mass is 577 g/mol. The molecule has 0 unspecified atom stereocenters. The number of nitrogens with zero attached hydrogens (tertiary/aromatic N) is 1. The number of phenols is 1. The summed E-state index contributed by atoms with van der Waals surface area (Å²) in [6, 6.07) is 23.8. The van der Waals surface area contributed by atoms with E-state index in [9.17, 15) is 24.7 Å². The largest absolute Gasteiger partial charge is 0.508 e. The fourth-order valence-electron chi connectivity index (χ4n) is 7.10. The minimum Gasteiger partial charge on any atom is -0.508 e. The van der Waals surface area contributed by atoms with Gasteiger partial charge in [-0.3, -0.25) is 14.5 Å². The summed E-state index contributed by atoms with van der Waals surface area (Å²) >= 11 is 0. The van der Waals surface area contributed by atoms with Crippen LogP contribution in [0.2, 0.25) is 0 Å². The Kier molecular flexibility index (Phi) is 8.35. The van der Waals surface area contributed by atoms with Crippen LogP contribution in [0.4, 0.5) is 5.69 Å². The van der Waals surface area contributed by atoms with Crippen LogP contribution in [0.15, 0.2) is 90.0 Å². The van der Waals surface area contributed by atoms with Gasteiger partial charge in [0.05, 0.1) is 30.2 Å². The van der Waals surface area contributed by atoms with E-state index in [4.69, 9.17) is 4.74 Å². The van der Waals surface area contributed by atoms with E-state index in [1.165, 1.54) is 22.1 Å². The van der Waals surface area contributed by atoms with E-state index < -0.39 is 19.0 Å². The molecule has 3 aromatic carbocycles. The highest BCUT2D eigenvalue weighted by atomic mass is 16.5. The van der Waals surface area contributed by atoms with Gasteiger partial charge < -0.3 is 19.9 Å². The summed E-state index contributed by atoms with van der Waals surface area (Å²) in [5.41, 5.74) is 6.33. The highest BCUT2D eigenvalue weighted by Gasteiger charge is 2.57. The number of phenolic OH excluding ortho intramolecular Hbond substituents is 1. The molecule has 220 valence electrons. The molecular weight excluding hydrogens is 541 g/mol. The predicted molar refractivity (Wildman–Crippen MR) is 167 cm³/mol. The van der Waals surface area contributed by atoms with Gasteiger partial charge in [-0.05, 0) is 77.7 Å². The second-order valence-corrected chi connectivity index (χ2v) is 11.7. The van der Waals surface area contributed by atoms with E-state index in [1.807, 2.05) is 30.3 Å². The van der Waals surface area contributed by atoms with E-state index in [-0.39, 0.29) is 35.0 Å². The van der Waals surface area contributed by atoms with Crippen molar-refractivity contribution < 1.29 is 29.5 Å². The summed E-state index contributed by atoms with van der Waals surface area (Å²) in [5, 5.41) is 29.1. The smallest absolute Gasteiger partial charge is 0.488 e. The summed E-state index contributed by atoms with van der Waals surface area (Å²) in [7, 11) is -1.69. The highest BCUT2D eigenvalue weighted by Crippen LogP contribution is 2.51. The molecule has 1 aliphatic carbocycles. The van der Waals surface area contributed by atoms with Crippen molar-refractivity contribution in [3.8, 4) is 5.75 Å². The van der Waals surface area contributed by atoms with Gasteiger partial charge in [-0.25, -0.2) is 0 Å². The topological polar surface area (TPSA) is 107 Å². The van der Waals surface area contributed by atoms with E-state index in [1.54, 1.807) is 30.3 Å². The Balaban J connectivity index is 1.27. The van der Waals surface area contributed by atoms with Crippen molar-refractivity contribution in [3.63, 3.8) is 0 Å². The lowest BCUT2D eigenvalue weighted by molar-refractivity contribution is -0.122. The quantitative estimate of drug-likeness (QED) is 0.147. The molecule has 3 aromatic rings. The second kappa shape index (κ2) is 12.3. The van der Waals surface area contributed by atoms with Crippen molar-refractivity contribution in [1.82, 2.24) is 0 Å². The molecule has 0 bridgehead atoms. The van der Waals surface area contributed by atoms with Crippen LogP contribution in [0.5, 0.6) is 5.75 Å². The Morgan fingerprint density at radius 2 is 1.74 bits per heavy atom. The Hall–Kier alpha value is -3.98. The third-order valence-corrected chi connectivity index (χ3v) is 9.04. The first-order chi connectivity index (χ1) is 20.9. The number of imide groups is 1. The van der Waals surface area contributed by atoms with Crippen LogP contribution in [0.1, 0.15) is 50.2 Å². The molecule has 4 atom stereocenters. The van der Waals surface area contributed by atoms with Gasteiger partial charge in [0.25, 0.3) is 0 Å². The minimum absolute atomic E-state index is 0.135. The molecule has 6 rings (SSSR count). The second-order valence-electron chi connectivity index (χ2n) is 11.7. The SMILES string of the molecule is CCCC1=C2[C@@H](CC/C(=C/c3ccc(O)cc3)c3ccccc3)OC[C@@H]2[C@@H]2C(=O)N(c3cccc(B(O)O)c3)C(=O)[C@@H]2C1. The van der Waals surface area contributed by atoms with Crippen molar-refractivity contribution in [2.45, 2.75) is 45.1 Å².